The Bertz CT molecular complexity index is 1100. The SMILES string of the molecule is O=C(OCC(=O)N(C1CCCCC1)C1CCS(=O)(=O)C1)c1cccc(OCc2ccccc2)c1. The Labute approximate surface area is 201 Å². The summed E-state index contributed by atoms with van der Waals surface area (Å²) >= 11 is 0. The van der Waals surface area contributed by atoms with Gasteiger partial charge in [-0.05, 0) is 43.0 Å². The number of benzene rings is 2. The van der Waals surface area contributed by atoms with Gasteiger partial charge in [-0.25, -0.2) is 13.2 Å². The van der Waals surface area contributed by atoms with Gasteiger partial charge in [-0.2, -0.15) is 0 Å². The zero-order chi connectivity index (χ0) is 24.0. The van der Waals surface area contributed by atoms with Gasteiger partial charge in [0, 0.05) is 12.1 Å². The van der Waals surface area contributed by atoms with Crippen molar-refractivity contribution in [3.05, 3.63) is 65.7 Å². The fourth-order valence-electron chi connectivity index (χ4n) is 4.80. The van der Waals surface area contributed by atoms with E-state index >= 15 is 0 Å². The summed E-state index contributed by atoms with van der Waals surface area (Å²) in [7, 11) is -3.13. The van der Waals surface area contributed by atoms with Crippen LogP contribution in [0, 0.1) is 0 Å². The van der Waals surface area contributed by atoms with Crippen LogP contribution in [0.4, 0.5) is 0 Å². The quantitative estimate of drug-likeness (QED) is 0.529. The van der Waals surface area contributed by atoms with Crippen molar-refractivity contribution >= 4 is 21.7 Å². The first kappa shape index (κ1) is 24.3. The smallest absolute Gasteiger partial charge is 0.338 e. The lowest BCUT2D eigenvalue weighted by atomic mass is 9.93. The second-order valence-corrected chi connectivity index (χ2v) is 11.3. The second kappa shape index (κ2) is 11.0. The second-order valence-electron chi connectivity index (χ2n) is 9.03. The van der Waals surface area contributed by atoms with Crippen molar-refractivity contribution in [2.75, 3.05) is 18.1 Å². The molecule has 2 fully saturated rings. The Kier molecular flexibility index (Phi) is 7.88. The molecule has 2 aliphatic rings. The number of carbonyl (C=O) groups excluding carboxylic acids is 2. The third-order valence-electron chi connectivity index (χ3n) is 6.50. The molecule has 1 aliphatic heterocycles. The summed E-state index contributed by atoms with van der Waals surface area (Å²) in [6, 6.07) is 16.1. The summed E-state index contributed by atoms with van der Waals surface area (Å²) in [6.07, 6.45) is 5.32. The minimum atomic E-state index is -3.13. The Morgan fingerprint density at radius 1 is 0.912 bits per heavy atom. The molecule has 0 bridgehead atoms. The fourth-order valence-corrected chi connectivity index (χ4v) is 6.51. The van der Waals surface area contributed by atoms with Crippen molar-refractivity contribution < 1.29 is 27.5 Å². The Hall–Kier alpha value is -2.87. The predicted octanol–water partition coefficient (Wildman–Crippen LogP) is 3.77. The van der Waals surface area contributed by atoms with Crippen LogP contribution in [0.3, 0.4) is 0 Å². The molecule has 34 heavy (non-hydrogen) atoms. The molecule has 0 aromatic heterocycles. The molecule has 1 saturated carbocycles. The van der Waals surface area contributed by atoms with E-state index in [1.165, 1.54) is 0 Å². The lowest BCUT2D eigenvalue weighted by Crippen LogP contribution is -2.50. The van der Waals surface area contributed by atoms with Gasteiger partial charge in [0.15, 0.2) is 16.4 Å². The van der Waals surface area contributed by atoms with Crippen molar-refractivity contribution in [3.8, 4) is 5.75 Å². The van der Waals surface area contributed by atoms with Crippen molar-refractivity contribution in [2.45, 2.75) is 57.2 Å². The van der Waals surface area contributed by atoms with Crippen LogP contribution in [-0.4, -0.2) is 55.4 Å². The van der Waals surface area contributed by atoms with Crippen LogP contribution in [0.1, 0.15) is 54.4 Å². The van der Waals surface area contributed by atoms with Crippen LogP contribution < -0.4 is 4.74 Å². The van der Waals surface area contributed by atoms with E-state index in [4.69, 9.17) is 9.47 Å². The van der Waals surface area contributed by atoms with Crippen LogP contribution in [0.5, 0.6) is 5.75 Å². The third kappa shape index (κ3) is 6.38. The first-order valence-corrected chi connectivity index (χ1v) is 13.7. The number of hydrogen-bond donors (Lipinski definition) is 0. The standard InChI is InChI=1S/C26H31NO6S/c28-25(27(22-11-5-2-6-12-22)23-14-15-34(30,31)19-23)18-33-26(29)21-10-7-13-24(16-21)32-17-20-8-3-1-4-9-20/h1,3-4,7-10,13,16,22-23H,2,5-6,11-12,14-15,17-19H2. The van der Waals surface area contributed by atoms with Crippen molar-refractivity contribution in [1.29, 1.82) is 0 Å². The van der Waals surface area contributed by atoms with Crippen LogP contribution >= 0.6 is 0 Å². The van der Waals surface area contributed by atoms with Gasteiger partial charge in [-0.3, -0.25) is 4.79 Å². The van der Waals surface area contributed by atoms with Crippen molar-refractivity contribution in [2.24, 2.45) is 0 Å². The number of amides is 1. The molecule has 0 radical (unpaired) electrons. The van der Waals surface area contributed by atoms with Gasteiger partial charge in [0.1, 0.15) is 12.4 Å². The molecule has 0 N–H and O–H groups in total. The molecule has 2 aromatic rings. The zero-order valence-corrected chi connectivity index (χ0v) is 20.0. The molecule has 1 amide bonds. The van der Waals surface area contributed by atoms with Gasteiger partial charge >= 0.3 is 5.97 Å². The Morgan fingerprint density at radius 3 is 2.38 bits per heavy atom. The van der Waals surface area contributed by atoms with Crippen LogP contribution in [0.15, 0.2) is 54.6 Å². The maximum absolute atomic E-state index is 13.1. The van der Waals surface area contributed by atoms with Crippen molar-refractivity contribution in [3.63, 3.8) is 0 Å². The monoisotopic (exact) mass is 485 g/mol. The molecular weight excluding hydrogens is 454 g/mol. The number of sulfone groups is 1. The summed E-state index contributed by atoms with van der Waals surface area (Å²) in [5, 5.41) is 0. The number of ether oxygens (including phenoxy) is 2. The lowest BCUT2D eigenvalue weighted by Gasteiger charge is -2.38. The molecule has 1 saturated heterocycles. The highest BCUT2D eigenvalue weighted by Crippen LogP contribution is 2.28. The van der Waals surface area contributed by atoms with Crippen LogP contribution in [-0.2, 0) is 26.0 Å². The maximum atomic E-state index is 13.1. The molecule has 182 valence electrons. The molecule has 7 nitrogen and oxygen atoms in total. The topological polar surface area (TPSA) is 90.0 Å². The minimum absolute atomic E-state index is 0.00738. The van der Waals surface area contributed by atoms with Gasteiger partial charge < -0.3 is 14.4 Å². The highest BCUT2D eigenvalue weighted by molar-refractivity contribution is 7.91. The summed E-state index contributed by atoms with van der Waals surface area (Å²) in [4.78, 5) is 27.5. The van der Waals surface area contributed by atoms with Crippen molar-refractivity contribution in [1.82, 2.24) is 4.90 Å². The molecular formula is C26H31NO6S. The van der Waals surface area contributed by atoms with Gasteiger partial charge in [-0.1, -0.05) is 55.7 Å². The Balaban J connectivity index is 1.37. The van der Waals surface area contributed by atoms with E-state index < -0.39 is 22.4 Å². The number of esters is 1. The van der Waals surface area contributed by atoms with Crippen LogP contribution in [0.2, 0.25) is 0 Å². The van der Waals surface area contributed by atoms with Gasteiger partial charge in [0.25, 0.3) is 5.91 Å². The largest absolute Gasteiger partial charge is 0.489 e. The molecule has 1 heterocycles. The summed E-state index contributed by atoms with van der Waals surface area (Å²) in [5.74, 6) is -0.308. The Morgan fingerprint density at radius 2 is 1.68 bits per heavy atom. The summed E-state index contributed by atoms with van der Waals surface area (Å²) in [5.41, 5.74) is 1.31. The fraction of sp³-hybridized carbons (Fsp3) is 0.462. The molecule has 1 atom stereocenters. The number of nitrogens with zero attached hydrogens (tertiary/aromatic N) is 1. The average molecular weight is 486 g/mol. The molecule has 0 spiro atoms. The highest BCUT2D eigenvalue weighted by Gasteiger charge is 2.38. The molecule has 8 heteroatoms. The normalized spacial score (nSPS) is 19.9. The molecule has 1 unspecified atom stereocenters. The molecule has 1 aliphatic carbocycles. The van der Waals surface area contributed by atoms with E-state index in [-0.39, 0.29) is 29.5 Å². The first-order chi connectivity index (χ1) is 16.4. The lowest BCUT2D eigenvalue weighted by molar-refractivity contribution is -0.140. The minimum Gasteiger partial charge on any atom is -0.489 e. The summed E-state index contributed by atoms with van der Waals surface area (Å²) < 4.78 is 35.2. The molecule has 4 rings (SSSR count). The average Bonchev–Trinajstić information content (AvgIpc) is 3.21. The maximum Gasteiger partial charge on any atom is 0.338 e. The number of hydrogen-bond acceptors (Lipinski definition) is 6. The van der Waals surface area contributed by atoms with E-state index in [0.717, 1.165) is 37.7 Å². The van der Waals surface area contributed by atoms with E-state index in [0.29, 0.717) is 24.3 Å². The van der Waals surface area contributed by atoms with Gasteiger partial charge in [0.2, 0.25) is 0 Å². The highest BCUT2D eigenvalue weighted by atomic mass is 32.2. The van der Waals surface area contributed by atoms with Gasteiger partial charge in [-0.15, -0.1) is 0 Å². The first-order valence-electron chi connectivity index (χ1n) is 11.9. The van der Waals surface area contributed by atoms with E-state index in [1.807, 2.05) is 30.3 Å². The predicted molar refractivity (Wildman–Crippen MR) is 128 cm³/mol. The van der Waals surface area contributed by atoms with Crippen LogP contribution in [0.25, 0.3) is 0 Å². The third-order valence-corrected chi connectivity index (χ3v) is 8.25. The molecule has 2 aromatic carbocycles. The van der Waals surface area contributed by atoms with E-state index in [9.17, 15) is 18.0 Å². The number of rotatable bonds is 8. The van der Waals surface area contributed by atoms with Gasteiger partial charge in [0.05, 0.1) is 17.1 Å². The zero-order valence-electron chi connectivity index (χ0n) is 19.2. The van der Waals surface area contributed by atoms with E-state index in [1.54, 1.807) is 29.2 Å². The summed E-state index contributed by atoms with van der Waals surface area (Å²) in [6.45, 7) is -0.0283. The number of carbonyl (C=O) groups is 2. The van der Waals surface area contributed by atoms with E-state index in [2.05, 4.69) is 0 Å².